The number of halogens is 4. The number of hydrogen-bond donors (Lipinski definition) is 1. The minimum absolute atomic E-state index is 0.405. The molecule has 8 heteroatoms. The largest absolute Gasteiger partial charge is 0.456 e. The van der Waals surface area contributed by atoms with E-state index in [0.29, 0.717) is 10.6 Å². The first-order valence-corrected chi connectivity index (χ1v) is 6.30. The summed E-state index contributed by atoms with van der Waals surface area (Å²) in [6.45, 7) is -0.413. The summed E-state index contributed by atoms with van der Waals surface area (Å²) in [4.78, 5) is 22.5. The fraction of sp³-hybridized carbons (Fsp3) is 0.385. The Bertz CT molecular complexity index is 502. The summed E-state index contributed by atoms with van der Waals surface area (Å²) in [6, 6.07) is 5.46. The Morgan fingerprint density at radius 1 is 1.29 bits per heavy atom. The second-order valence-electron chi connectivity index (χ2n) is 4.28. The van der Waals surface area contributed by atoms with Crippen molar-refractivity contribution in [3.05, 3.63) is 34.9 Å². The van der Waals surface area contributed by atoms with E-state index in [-0.39, 0.29) is 0 Å². The van der Waals surface area contributed by atoms with E-state index in [4.69, 9.17) is 11.6 Å². The average molecular weight is 324 g/mol. The van der Waals surface area contributed by atoms with Crippen molar-refractivity contribution in [3.8, 4) is 0 Å². The van der Waals surface area contributed by atoms with Crippen molar-refractivity contribution in [1.82, 2.24) is 5.32 Å². The molecule has 0 aliphatic carbocycles. The first kappa shape index (κ1) is 17.3. The third-order valence-corrected chi connectivity index (χ3v) is 2.67. The molecule has 4 nitrogen and oxygen atoms in total. The lowest BCUT2D eigenvalue weighted by atomic mass is 10.0. The van der Waals surface area contributed by atoms with Gasteiger partial charge in [-0.3, -0.25) is 9.59 Å². The van der Waals surface area contributed by atoms with E-state index < -0.39 is 37.1 Å². The summed E-state index contributed by atoms with van der Waals surface area (Å²) in [6.07, 6.45) is -4.99. The number of ether oxygens (including phenoxy) is 1. The molecule has 0 spiro atoms. The second-order valence-corrected chi connectivity index (χ2v) is 4.72. The van der Waals surface area contributed by atoms with Gasteiger partial charge in [-0.25, -0.2) is 0 Å². The van der Waals surface area contributed by atoms with Crippen molar-refractivity contribution in [3.63, 3.8) is 0 Å². The Labute approximate surface area is 124 Å². The van der Waals surface area contributed by atoms with Gasteiger partial charge in [0.2, 0.25) is 5.91 Å². The first-order valence-electron chi connectivity index (χ1n) is 5.92. The highest BCUT2D eigenvalue weighted by atomic mass is 35.5. The lowest BCUT2D eigenvalue weighted by Gasteiger charge is -2.18. The van der Waals surface area contributed by atoms with Crippen LogP contribution < -0.4 is 5.32 Å². The molecular formula is C13H13ClF3NO3. The minimum Gasteiger partial charge on any atom is -0.456 e. The Balaban J connectivity index is 2.72. The van der Waals surface area contributed by atoms with Crippen LogP contribution in [0.3, 0.4) is 0 Å². The SMILES string of the molecule is CC(=O)N[C@@H](CC(=O)OCC(F)(F)F)c1ccc(Cl)cc1. The molecule has 1 N–H and O–H groups in total. The van der Waals surface area contributed by atoms with Crippen LogP contribution in [0.1, 0.15) is 24.9 Å². The molecule has 1 aromatic carbocycles. The summed E-state index contributed by atoms with van der Waals surface area (Å²) < 4.78 is 40.0. The predicted octanol–water partition coefficient (Wildman–Crippen LogP) is 3.01. The van der Waals surface area contributed by atoms with Crippen molar-refractivity contribution in [1.29, 1.82) is 0 Å². The maximum Gasteiger partial charge on any atom is 0.422 e. The van der Waals surface area contributed by atoms with Gasteiger partial charge in [0.15, 0.2) is 6.61 Å². The van der Waals surface area contributed by atoms with Gasteiger partial charge in [0.1, 0.15) is 0 Å². The fourth-order valence-electron chi connectivity index (χ4n) is 1.58. The lowest BCUT2D eigenvalue weighted by molar-refractivity contribution is -0.186. The van der Waals surface area contributed by atoms with Gasteiger partial charge >= 0.3 is 12.1 Å². The summed E-state index contributed by atoms with van der Waals surface area (Å²) in [5, 5.41) is 2.94. The molecule has 0 saturated heterocycles. The van der Waals surface area contributed by atoms with E-state index in [1.54, 1.807) is 24.3 Å². The normalized spacial score (nSPS) is 12.6. The van der Waals surface area contributed by atoms with Crippen LogP contribution in [-0.2, 0) is 14.3 Å². The van der Waals surface area contributed by atoms with Gasteiger partial charge in [-0.15, -0.1) is 0 Å². The zero-order valence-electron chi connectivity index (χ0n) is 11.0. The summed E-state index contributed by atoms with van der Waals surface area (Å²) in [7, 11) is 0. The number of alkyl halides is 3. The number of hydrogen-bond acceptors (Lipinski definition) is 3. The van der Waals surface area contributed by atoms with E-state index in [2.05, 4.69) is 10.1 Å². The maximum absolute atomic E-state index is 12.0. The Kier molecular flexibility index (Phi) is 6.02. The predicted molar refractivity (Wildman–Crippen MR) is 69.6 cm³/mol. The van der Waals surface area contributed by atoms with Gasteiger partial charge in [-0.05, 0) is 17.7 Å². The summed E-state index contributed by atoms with van der Waals surface area (Å²) in [5.74, 6) is -1.47. The quantitative estimate of drug-likeness (QED) is 0.847. The Hall–Kier alpha value is -1.76. The molecule has 1 amide bonds. The van der Waals surface area contributed by atoms with Gasteiger partial charge < -0.3 is 10.1 Å². The van der Waals surface area contributed by atoms with Crippen molar-refractivity contribution in [2.75, 3.05) is 6.61 Å². The smallest absolute Gasteiger partial charge is 0.422 e. The highest BCUT2D eigenvalue weighted by molar-refractivity contribution is 6.30. The summed E-state index contributed by atoms with van der Waals surface area (Å²) in [5.41, 5.74) is 0.540. The topological polar surface area (TPSA) is 55.4 Å². The maximum atomic E-state index is 12.0. The molecule has 0 aliphatic rings. The zero-order valence-corrected chi connectivity index (χ0v) is 11.8. The average Bonchev–Trinajstić information content (AvgIpc) is 2.35. The molecule has 0 fully saturated rings. The number of nitrogens with one attached hydrogen (secondary N) is 1. The van der Waals surface area contributed by atoms with E-state index in [0.717, 1.165) is 0 Å². The number of esters is 1. The van der Waals surface area contributed by atoms with E-state index in [9.17, 15) is 22.8 Å². The first-order chi connectivity index (χ1) is 9.67. The van der Waals surface area contributed by atoms with Crippen molar-refractivity contribution in [2.24, 2.45) is 0 Å². The van der Waals surface area contributed by atoms with Crippen molar-refractivity contribution >= 4 is 23.5 Å². The van der Waals surface area contributed by atoms with Gasteiger partial charge in [0.05, 0.1) is 12.5 Å². The molecule has 1 atom stereocenters. The molecule has 21 heavy (non-hydrogen) atoms. The van der Waals surface area contributed by atoms with Crippen molar-refractivity contribution < 1.29 is 27.5 Å². The number of benzene rings is 1. The Morgan fingerprint density at radius 2 is 1.86 bits per heavy atom. The molecule has 1 rings (SSSR count). The molecule has 0 bridgehead atoms. The van der Waals surface area contributed by atoms with Crippen LogP contribution in [0, 0.1) is 0 Å². The standard InChI is InChI=1S/C13H13ClF3NO3/c1-8(19)18-11(9-2-4-10(14)5-3-9)6-12(20)21-7-13(15,16)17/h2-5,11H,6-7H2,1H3,(H,18,19)/t11-/m0/s1. The molecule has 0 aromatic heterocycles. The highest BCUT2D eigenvalue weighted by Gasteiger charge is 2.30. The monoisotopic (exact) mass is 323 g/mol. The number of rotatable bonds is 5. The minimum atomic E-state index is -4.58. The van der Waals surface area contributed by atoms with Crippen LogP contribution >= 0.6 is 11.6 Å². The lowest BCUT2D eigenvalue weighted by Crippen LogP contribution is -2.29. The fourth-order valence-corrected chi connectivity index (χ4v) is 1.71. The van der Waals surface area contributed by atoms with Crippen LogP contribution in [0.15, 0.2) is 24.3 Å². The molecular weight excluding hydrogens is 311 g/mol. The number of amides is 1. The van der Waals surface area contributed by atoms with E-state index >= 15 is 0 Å². The molecule has 116 valence electrons. The number of carbonyl (C=O) groups excluding carboxylic acids is 2. The van der Waals surface area contributed by atoms with Gasteiger partial charge in [-0.1, -0.05) is 23.7 Å². The molecule has 0 heterocycles. The van der Waals surface area contributed by atoms with Gasteiger partial charge in [0.25, 0.3) is 0 Å². The van der Waals surface area contributed by atoms with Crippen LogP contribution in [-0.4, -0.2) is 24.7 Å². The molecule has 0 saturated carbocycles. The van der Waals surface area contributed by atoms with Crippen LogP contribution in [0.5, 0.6) is 0 Å². The van der Waals surface area contributed by atoms with E-state index in [1.165, 1.54) is 6.92 Å². The van der Waals surface area contributed by atoms with Gasteiger partial charge in [-0.2, -0.15) is 13.2 Å². The zero-order chi connectivity index (χ0) is 16.0. The molecule has 0 aliphatic heterocycles. The number of carbonyl (C=O) groups is 2. The van der Waals surface area contributed by atoms with Crippen LogP contribution in [0.4, 0.5) is 13.2 Å². The summed E-state index contributed by atoms with van der Waals surface area (Å²) >= 11 is 5.72. The highest BCUT2D eigenvalue weighted by Crippen LogP contribution is 2.21. The third-order valence-electron chi connectivity index (χ3n) is 2.42. The second kappa shape index (κ2) is 7.31. The van der Waals surface area contributed by atoms with Gasteiger partial charge in [0, 0.05) is 11.9 Å². The van der Waals surface area contributed by atoms with E-state index in [1.807, 2.05) is 0 Å². The van der Waals surface area contributed by atoms with Crippen molar-refractivity contribution in [2.45, 2.75) is 25.6 Å². The molecule has 1 aromatic rings. The molecule has 0 unspecified atom stereocenters. The molecule has 0 radical (unpaired) electrons. The van der Waals surface area contributed by atoms with Crippen LogP contribution in [0.25, 0.3) is 0 Å². The Morgan fingerprint density at radius 3 is 2.33 bits per heavy atom. The third kappa shape index (κ3) is 6.99. The van der Waals surface area contributed by atoms with Crippen LogP contribution in [0.2, 0.25) is 5.02 Å².